The lowest BCUT2D eigenvalue weighted by molar-refractivity contribution is 0.242. The van der Waals surface area contributed by atoms with Crippen LogP contribution in [0.4, 0.5) is 0 Å². The summed E-state index contributed by atoms with van der Waals surface area (Å²) in [5.41, 5.74) is 0. The van der Waals surface area contributed by atoms with Crippen molar-refractivity contribution in [2.75, 3.05) is 0 Å². The van der Waals surface area contributed by atoms with Crippen molar-refractivity contribution in [2.45, 2.75) is 26.1 Å². The first kappa shape index (κ1) is 10.9. The number of aliphatic hydroxyl groups excluding tert-OH is 1. The lowest BCUT2D eigenvalue weighted by Gasteiger charge is -2.09. The van der Waals surface area contributed by atoms with E-state index in [2.05, 4.69) is 15.3 Å². The van der Waals surface area contributed by atoms with Crippen molar-refractivity contribution in [3.63, 3.8) is 0 Å². The van der Waals surface area contributed by atoms with Crippen molar-refractivity contribution in [1.29, 1.82) is 0 Å². The summed E-state index contributed by atoms with van der Waals surface area (Å²) in [5.74, 6) is 2.29. The molecule has 16 heavy (non-hydrogen) atoms. The molecule has 5 heteroatoms. The van der Waals surface area contributed by atoms with E-state index in [1.165, 1.54) is 0 Å². The second kappa shape index (κ2) is 4.96. The molecule has 2 rings (SSSR count). The Labute approximate surface area is 93.5 Å². The molecular weight excluding hydrogens is 206 g/mol. The molecule has 0 aromatic carbocycles. The van der Waals surface area contributed by atoms with Crippen molar-refractivity contribution in [2.24, 2.45) is 0 Å². The van der Waals surface area contributed by atoms with Crippen LogP contribution >= 0.6 is 0 Å². The molecule has 0 fully saturated rings. The van der Waals surface area contributed by atoms with Gasteiger partial charge in [-0.2, -0.15) is 0 Å². The molecular formula is C11H15N3O2. The first-order chi connectivity index (χ1) is 7.79. The number of aliphatic hydroxyl groups is 1. The van der Waals surface area contributed by atoms with Gasteiger partial charge in [0, 0.05) is 12.4 Å². The number of aromatic nitrogens is 2. The van der Waals surface area contributed by atoms with Gasteiger partial charge in [-0.05, 0) is 19.1 Å². The zero-order chi connectivity index (χ0) is 11.4. The molecule has 0 aliphatic heterocycles. The maximum absolute atomic E-state index is 8.85. The average Bonchev–Trinajstić information content (AvgIpc) is 2.96. The summed E-state index contributed by atoms with van der Waals surface area (Å²) in [4.78, 5) is 7.21. The molecule has 0 aliphatic rings. The highest BCUT2D eigenvalue weighted by molar-refractivity contribution is 5.06. The van der Waals surface area contributed by atoms with Gasteiger partial charge in [-0.3, -0.25) is 0 Å². The lowest BCUT2D eigenvalue weighted by atomic mass is 10.3. The molecule has 0 bridgehead atoms. The summed E-state index contributed by atoms with van der Waals surface area (Å²) in [6.07, 6.45) is 3.52. The zero-order valence-corrected chi connectivity index (χ0v) is 9.10. The molecule has 0 spiro atoms. The number of nitrogens with one attached hydrogen (secondary N) is 2. The van der Waals surface area contributed by atoms with Gasteiger partial charge >= 0.3 is 0 Å². The number of rotatable bonds is 5. The van der Waals surface area contributed by atoms with E-state index in [0.29, 0.717) is 12.3 Å². The van der Waals surface area contributed by atoms with Gasteiger partial charge in [0.2, 0.25) is 0 Å². The van der Waals surface area contributed by atoms with Crippen LogP contribution in [0.15, 0.2) is 28.9 Å². The molecule has 2 heterocycles. The highest BCUT2D eigenvalue weighted by atomic mass is 16.4. The molecule has 86 valence electrons. The van der Waals surface area contributed by atoms with Gasteiger partial charge in [-0.15, -0.1) is 0 Å². The van der Waals surface area contributed by atoms with Crippen molar-refractivity contribution in [1.82, 2.24) is 15.3 Å². The van der Waals surface area contributed by atoms with E-state index < -0.39 is 0 Å². The van der Waals surface area contributed by atoms with E-state index >= 15 is 0 Å². The Morgan fingerprint density at radius 2 is 2.31 bits per heavy atom. The van der Waals surface area contributed by atoms with Crippen LogP contribution < -0.4 is 5.32 Å². The van der Waals surface area contributed by atoms with E-state index in [0.717, 1.165) is 11.6 Å². The van der Waals surface area contributed by atoms with Gasteiger partial charge in [-0.25, -0.2) is 4.98 Å². The number of nitrogens with zero attached hydrogens (tertiary/aromatic N) is 1. The van der Waals surface area contributed by atoms with Crippen LogP contribution in [0.2, 0.25) is 0 Å². The van der Waals surface area contributed by atoms with Gasteiger partial charge in [0.05, 0.1) is 12.6 Å². The summed E-state index contributed by atoms with van der Waals surface area (Å²) in [6.45, 7) is 2.57. The van der Waals surface area contributed by atoms with Crippen LogP contribution in [-0.4, -0.2) is 15.1 Å². The first-order valence-electron chi connectivity index (χ1n) is 5.20. The SMILES string of the molecule is CC(NCc1ccc(CO)o1)c1ncc[nH]1. The predicted octanol–water partition coefficient (Wildman–Crippen LogP) is 1.35. The molecule has 1 atom stereocenters. The second-order valence-corrected chi connectivity index (χ2v) is 3.60. The minimum Gasteiger partial charge on any atom is -0.462 e. The van der Waals surface area contributed by atoms with Crippen LogP contribution in [-0.2, 0) is 13.2 Å². The smallest absolute Gasteiger partial charge is 0.129 e. The standard InChI is InChI=1S/C11H15N3O2/c1-8(11-12-4-5-13-11)14-6-9-2-3-10(7-15)16-9/h2-5,8,14-15H,6-7H2,1H3,(H,12,13). The van der Waals surface area contributed by atoms with Crippen LogP contribution in [0.5, 0.6) is 0 Å². The van der Waals surface area contributed by atoms with Crippen LogP contribution in [0.25, 0.3) is 0 Å². The molecule has 0 radical (unpaired) electrons. The topological polar surface area (TPSA) is 74.1 Å². The van der Waals surface area contributed by atoms with Crippen molar-refractivity contribution < 1.29 is 9.52 Å². The Hall–Kier alpha value is -1.59. The van der Waals surface area contributed by atoms with Gasteiger partial charge in [-0.1, -0.05) is 0 Å². The Kier molecular flexibility index (Phi) is 3.38. The minimum absolute atomic E-state index is 0.0618. The highest BCUT2D eigenvalue weighted by Crippen LogP contribution is 2.10. The molecule has 0 saturated carbocycles. The zero-order valence-electron chi connectivity index (χ0n) is 9.10. The average molecular weight is 221 g/mol. The van der Waals surface area contributed by atoms with E-state index in [1.807, 2.05) is 13.0 Å². The molecule has 5 nitrogen and oxygen atoms in total. The van der Waals surface area contributed by atoms with E-state index in [9.17, 15) is 0 Å². The van der Waals surface area contributed by atoms with Crippen molar-refractivity contribution in [3.05, 3.63) is 41.9 Å². The molecule has 0 aliphatic carbocycles. The third kappa shape index (κ3) is 2.50. The summed E-state index contributed by atoms with van der Waals surface area (Å²) in [7, 11) is 0. The third-order valence-corrected chi connectivity index (χ3v) is 2.39. The number of hydrogen-bond donors (Lipinski definition) is 3. The minimum atomic E-state index is -0.0618. The van der Waals surface area contributed by atoms with E-state index in [1.54, 1.807) is 18.5 Å². The van der Waals surface area contributed by atoms with Gasteiger partial charge in [0.1, 0.15) is 24.0 Å². The fourth-order valence-corrected chi connectivity index (χ4v) is 1.47. The molecule has 1 unspecified atom stereocenters. The van der Waals surface area contributed by atoms with E-state index in [4.69, 9.17) is 9.52 Å². The number of imidazole rings is 1. The lowest BCUT2D eigenvalue weighted by Crippen LogP contribution is -2.18. The van der Waals surface area contributed by atoms with Crippen molar-refractivity contribution in [3.8, 4) is 0 Å². The normalized spacial score (nSPS) is 12.9. The number of hydrogen-bond acceptors (Lipinski definition) is 4. The highest BCUT2D eigenvalue weighted by Gasteiger charge is 2.08. The summed E-state index contributed by atoms with van der Waals surface area (Å²) in [5, 5.41) is 12.1. The molecule has 0 saturated heterocycles. The predicted molar refractivity (Wildman–Crippen MR) is 58.5 cm³/mol. The fourth-order valence-electron chi connectivity index (χ4n) is 1.47. The van der Waals surface area contributed by atoms with Gasteiger partial charge in [0.25, 0.3) is 0 Å². The Morgan fingerprint density at radius 1 is 1.50 bits per heavy atom. The summed E-state index contributed by atoms with van der Waals surface area (Å²) >= 11 is 0. The Balaban J connectivity index is 1.87. The monoisotopic (exact) mass is 221 g/mol. The van der Waals surface area contributed by atoms with Crippen LogP contribution in [0, 0.1) is 0 Å². The number of aromatic amines is 1. The molecule has 0 amide bonds. The number of furan rings is 1. The Morgan fingerprint density at radius 3 is 2.94 bits per heavy atom. The first-order valence-corrected chi connectivity index (χ1v) is 5.20. The second-order valence-electron chi connectivity index (χ2n) is 3.60. The third-order valence-electron chi connectivity index (χ3n) is 2.39. The molecule has 2 aromatic heterocycles. The van der Waals surface area contributed by atoms with E-state index in [-0.39, 0.29) is 12.6 Å². The van der Waals surface area contributed by atoms with Gasteiger partial charge in [0.15, 0.2) is 0 Å². The summed E-state index contributed by atoms with van der Waals surface area (Å²) in [6, 6.07) is 3.76. The Bertz CT molecular complexity index is 422. The van der Waals surface area contributed by atoms with Crippen molar-refractivity contribution >= 4 is 0 Å². The molecule has 3 N–H and O–H groups in total. The quantitative estimate of drug-likeness (QED) is 0.712. The van der Waals surface area contributed by atoms with Crippen LogP contribution in [0.1, 0.15) is 30.3 Å². The largest absolute Gasteiger partial charge is 0.462 e. The molecule has 2 aromatic rings. The fraction of sp³-hybridized carbons (Fsp3) is 0.364. The maximum Gasteiger partial charge on any atom is 0.129 e. The van der Waals surface area contributed by atoms with Crippen LogP contribution in [0.3, 0.4) is 0 Å². The van der Waals surface area contributed by atoms with Gasteiger partial charge < -0.3 is 19.8 Å². The summed E-state index contributed by atoms with van der Waals surface area (Å²) < 4.78 is 5.36. The maximum atomic E-state index is 8.85. The number of H-pyrrole nitrogens is 1.